The number of fused-ring (bicyclic) bond motifs is 1. The number of aromatic nitrogens is 1. The first-order chi connectivity index (χ1) is 14.3. The van der Waals surface area contributed by atoms with E-state index in [1.807, 2.05) is 6.07 Å². The topological polar surface area (TPSA) is 125 Å². The van der Waals surface area contributed by atoms with Crippen molar-refractivity contribution >= 4 is 23.4 Å². The van der Waals surface area contributed by atoms with Crippen LogP contribution in [-0.2, 0) is 20.8 Å². The van der Waals surface area contributed by atoms with Gasteiger partial charge in [0.15, 0.2) is 0 Å². The standard InChI is InChI=1S/C20H30N6O4/c1-21-16(10-12-8-9-22-18(12)28)24-19(29)15-7-5-13-4-6-14(20(30)26(13)15)23-11-17(27)25(2)3/h4,6,12,15-16,21,23H,5,7-11H2,1-3H3,(H,22,28)(H,24,29)/t12-,15-,16-/m0/s1. The van der Waals surface area contributed by atoms with E-state index < -0.39 is 6.04 Å². The lowest BCUT2D eigenvalue weighted by atomic mass is 10.0. The third-order valence-electron chi connectivity index (χ3n) is 5.77. The van der Waals surface area contributed by atoms with Gasteiger partial charge in [-0.15, -0.1) is 0 Å². The van der Waals surface area contributed by atoms with E-state index >= 15 is 0 Å². The van der Waals surface area contributed by atoms with E-state index in [-0.39, 0.29) is 41.9 Å². The Morgan fingerprint density at radius 2 is 2.03 bits per heavy atom. The summed E-state index contributed by atoms with van der Waals surface area (Å²) in [6, 6.07) is 2.86. The van der Waals surface area contributed by atoms with Crippen molar-refractivity contribution in [2.45, 2.75) is 37.9 Å². The van der Waals surface area contributed by atoms with Gasteiger partial charge in [0, 0.05) is 32.3 Å². The molecule has 1 fully saturated rings. The number of carbonyl (C=O) groups excluding carboxylic acids is 3. The zero-order valence-corrected chi connectivity index (χ0v) is 17.7. The van der Waals surface area contributed by atoms with Gasteiger partial charge < -0.3 is 26.2 Å². The number of likely N-dealkylation sites (N-methyl/N-ethyl adjacent to an activating group) is 1. The molecule has 0 aromatic carbocycles. The Bertz CT molecular complexity index is 881. The third-order valence-corrected chi connectivity index (χ3v) is 5.77. The molecule has 0 radical (unpaired) electrons. The summed E-state index contributed by atoms with van der Waals surface area (Å²) >= 11 is 0. The quantitative estimate of drug-likeness (QED) is 0.403. The number of nitrogens with one attached hydrogen (secondary N) is 4. The van der Waals surface area contributed by atoms with Crippen molar-refractivity contribution in [1.82, 2.24) is 25.4 Å². The minimum absolute atomic E-state index is 0.00370. The number of carbonyl (C=O) groups is 3. The minimum Gasteiger partial charge on any atom is -0.372 e. The molecule has 0 bridgehead atoms. The molecule has 164 valence electrons. The number of nitrogens with zero attached hydrogens (tertiary/aromatic N) is 2. The van der Waals surface area contributed by atoms with Crippen LogP contribution in [0.25, 0.3) is 0 Å². The van der Waals surface area contributed by atoms with Gasteiger partial charge in [0.1, 0.15) is 11.7 Å². The van der Waals surface area contributed by atoms with Crippen LogP contribution in [0, 0.1) is 5.92 Å². The Morgan fingerprint density at radius 3 is 2.67 bits per heavy atom. The van der Waals surface area contributed by atoms with Crippen LogP contribution < -0.4 is 26.8 Å². The van der Waals surface area contributed by atoms with E-state index in [9.17, 15) is 19.2 Å². The van der Waals surface area contributed by atoms with E-state index in [4.69, 9.17) is 0 Å². The number of aryl methyl sites for hydroxylation is 1. The van der Waals surface area contributed by atoms with Crippen LogP contribution in [-0.4, -0.2) is 67.6 Å². The molecule has 3 amide bonds. The number of hydrogen-bond donors (Lipinski definition) is 4. The molecule has 1 saturated heterocycles. The highest BCUT2D eigenvalue weighted by molar-refractivity contribution is 5.83. The molecule has 0 aliphatic carbocycles. The van der Waals surface area contributed by atoms with Crippen molar-refractivity contribution in [3.05, 3.63) is 28.2 Å². The van der Waals surface area contributed by atoms with Crippen molar-refractivity contribution in [2.24, 2.45) is 5.92 Å². The van der Waals surface area contributed by atoms with Crippen LogP contribution in [0.15, 0.2) is 16.9 Å². The monoisotopic (exact) mass is 418 g/mol. The third kappa shape index (κ3) is 4.64. The highest BCUT2D eigenvalue weighted by atomic mass is 16.2. The van der Waals surface area contributed by atoms with Gasteiger partial charge in [-0.3, -0.25) is 23.7 Å². The summed E-state index contributed by atoms with van der Waals surface area (Å²) in [6.45, 7) is 0.662. The van der Waals surface area contributed by atoms with Gasteiger partial charge in [0.25, 0.3) is 5.56 Å². The Balaban J connectivity index is 1.70. The van der Waals surface area contributed by atoms with Gasteiger partial charge in [0.2, 0.25) is 17.7 Å². The second kappa shape index (κ2) is 9.29. The second-order valence-electron chi connectivity index (χ2n) is 7.97. The summed E-state index contributed by atoms with van der Waals surface area (Å²) in [5.41, 5.74) is 0.773. The summed E-state index contributed by atoms with van der Waals surface area (Å²) in [7, 11) is 5.02. The fraction of sp³-hybridized carbons (Fsp3) is 0.600. The largest absolute Gasteiger partial charge is 0.372 e. The molecule has 3 rings (SSSR count). The van der Waals surface area contributed by atoms with Crippen LogP contribution in [0.4, 0.5) is 5.69 Å². The molecule has 0 saturated carbocycles. The van der Waals surface area contributed by atoms with Gasteiger partial charge in [-0.2, -0.15) is 0 Å². The first kappa shape index (κ1) is 21.8. The van der Waals surface area contributed by atoms with Crippen molar-refractivity contribution in [3.63, 3.8) is 0 Å². The van der Waals surface area contributed by atoms with Crippen LogP contribution >= 0.6 is 0 Å². The van der Waals surface area contributed by atoms with E-state index in [0.717, 1.165) is 12.1 Å². The molecule has 2 aliphatic rings. The fourth-order valence-electron chi connectivity index (χ4n) is 3.93. The predicted molar refractivity (Wildman–Crippen MR) is 112 cm³/mol. The normalized spacial score (nSPS) is 21.0. The van der Waals surface area contributed by atoms with E-state index in [2.05, 4.69) is 21.3 Å². The SMILES string of the molecule is CN[C@H](C[C@@H]1CCNC1=O)NC(=O)[C@@H]1CCc2ccc(NCC(=O)N(C)C)c(=O)n21. The summed E-state index contributed by atoms with van der Waals surface area (Å²) in [6.07, 6.45) is 2.04. The zero-order chi connectivity index (χ0) is 21.8. The lowest BCUT2D eigenvalue weighted by Crippen LogP contribution is -2.48. The zero-order valence-electron chi connectivity index (χ0n) is 17.7. The Hall–Kier alpha value is -2.88. The van der Waals surface area contributed by atoms with Crippen LogP contribution in [0.3, 0.4) is 0 Å². The molecule has 4 N–H and O–H groups in total. The molecule has 0 spiro atoms. The summed E-state index contributed by atoms with van der Waals surface area (Å²) in [5, 5.41) is 11.7. The molecule has 3 heterocycles. The number of amides is 3. The molecule has 1 aromatic rings. The van der Waals surface area contributed by atoms with E-state index in [1.54, 1.807) is 27.2 Å². The van der Waals surface area contributed by atoms with Gasteiger partial charge in [-0.05, 0) is 44.9 Å². The number of hydrogen-bond acceptors (Lipinski definition) is 6. The summed E-state index contributed by atoms with van der Waals surface area (Å²) in [5.74, 6) is -0.529. The number of pyridine rings is 1. The maximum Gasteiger partial charge on any atom is 0.274 e. The molecular weight excluding hydrogens is 388 g/mol. The highest BCUT2D eigenvalue weighted by Gasteiger charge is 2.33. The molecule has 1 aromatic heterocycles. The summed E-state index contributed by atoms with van der Waals surface area (Å²) in [4.78, 5) is 51.0. The summed E-state index contributed by atoms with van der Waals surface area (Å²) < 4.78 is 1.51. The Labute approximate surface area is 175 Å². The van der Waals surface area contributed by atoms with Gasteiger partial charge in [-0.1, -0.05) is 0 Å². The van der Waals surface area contributed by atoms with Crippen molar-refractivity contribution in [1.29, 1.82) is 0 Å². The van der Waals surface area contributed by atoms with Crippen LogP contribution in [0.5, 0.6) is 0 Å². The van der Waals surface area contributed by atoms with Crippen molar-refractivity contribution in [3.8, 4) is 0 Å². The first-order valence-electron chi connectivity index (χ1n) is 10.3. The smallest absolute Gasteiger partial charge is 0.274 e. The van der Waals surface area contributed by atoms with E-state index in [1.165, 1.54) is 9.47 Å². The number of anilines is 1. The predicted octanol–water partition coefficient (Wildman–Crippen LogP) is -0.976. The highest BCUT2D eigenvalue weighted by Crippen LogP contribution is 2.25. The van der Waals surface area contributed by atoms with Gasteiger partial charge in [-0.25, -0.2) is 0 Å². The molecular formula is C20H30N6O4. The fourth-order valence-corrected chi connectivity index (χ4v) is 3.93. The van der Waals surface area contributed by atoms with Crippen LogP contribution in [0.1, 0.15) is 31.0 Å². The first-order valence-corrected chi connectivity index (χ1v) is 10.3. The molecule has 10 nitrogen and oxygen atoms in total. The minimum atomic E-state index is -0.618. The molecule has 3 atom stereocenters. The molecule has 30 heavy (non-hydrogen) atoms. The van der Waals surface area contributed by atoms with Crippen molar-refractivity contribution < 1.29 is 14.4 Å². The van der Waals surface area contributed by atoms with Gasteiger partial charge >= 0.3 is 0 Å². The maximum absolute atomic E-state index is 13.0. The lowest BCUT2D eigenvalue weighted by Gasteiger charge is -2.23. The molecule has 2 aliphatic heterocycles. The van der Waals surface area contributed by atoms with Gasteiger partial charge in [0.05, 0.1) is 12.7 Å². The lowest BCUT2D eigenvalue weighted by molar-refractivity contribution is -0.127. The average molecular weight is 418 g/mol. The Morgan fingerprint density at radius 1 is 1.27 bits per heavy atom. The second-order valence-corrected chi connectivity index (χ2v) is 7.97. The van der Waals surface area contributed by atoms with Crippen molar-refractivity contribution in [2.75, 3.05) is 39.5 Å². The Kier molecular flexibility index (Phi) is 6.76. The number of rotatable bonds is 8. The maximum atomic E-state index is 13.0. The van der Waals surface area contributed by atoms with Crippen LogP contribution in [0.2, 0.25) is 0 Å². The average Bonchev–Trinajstić information content (AvgIpc) is 3.33. The molecule has 0 unspecified atom stereocenters. The van der Waals surface area contributed by atoms with E-state index in [0.29, 0.717) is 31.5 Å². The molecule has 10 heteroatoms.